The number of benzene rings is 2. The molecule has 9 heteroatoms. The van der Waals surface area contributed by atoms with Crippen molar-refractivity contribution in [3.8, 4) is 5.75 Å². The molecule has 0 atom stereocenters. The molecule has 0 unspecified atom stereocenters. The average Bonchev–Trinajstić information content (AvgIpc) is 3.16. The maximum atomic E-state index is 12.8. The van der Waals surface area contributed by atoms with Crippen LogP contribution in [-0.4, -0.2) is 40.7 Å². The lowest BCUT2D eigenvalue weighted by Crippen LogP contribution is -2.28. The van der Waals surface area contributed by atoms with E-state index in [1.54, 1.807) is 48.7 Å². The maximum absolute atomic E-state index is 12.8. The normalized spacial score (nSPS) is 11.7. The predicted octanol–water partition coefficient (Wildman–Crippen LogP) is 3.54. The van der Waals surface area contributed by atoms with Crippen LogP contribution in [0.2, 0.25) is 0 Å². The highest BCUT2D eigenvalue weighted by molar-refractivity contribution is 7.88. The first kappa shape index (κ1) is 22.8. The Labute approximate surface area is 181 Å². The van der Waals surface area contributed by atoms with Crippen molar-refractivity contribution >= 4 is 32.6 Å². The first-order chi connectivity index (χ1) is 14.8. The molecule has 3 aromatic rings. The minimum absolute atomic E-state index is 0.0625. The van der Waals surface area contributed by atoms with Crippen LogP contribution >= 0.6 is 0 Å². The van der Waals surface area contributed by atoms with Gasteiger partial charge < -0.3 is 19.2 Å². The fourth-order valence-electron chi connectivity index (χ4n) is 3.03. The summed E-state index contributed by atoms with van der Waals surface area (Å²) in [5.41, 5.74) is 1.95. The van der Waals surface area contributed by atoms with Gasteiger partial charge >= 0.3 is 0 Å². The van der Waals surface area contributed by atoms with E-state index < -0.39 is 10.0 Å². The SMILES string of the molecule is COCCNS(=O)(=O)Cc1cccc(NC(=O)c2cc(OC(C)C)c3ccoc3c2)c1. The molecule has 2 aromatic carbocycles. The van der Waals surface area contributed by atoms with Crippen LogP contribution in [0.3, 0.4) is 0 Å². The van der Waals surface area contributed by atoms with E-state index in [-0.39, 0.29) is 30.9 Å². The number of furan rings is 1. The number of hydrogen-bond donors (Lipinski definition) is 2. The van der Waals surface area contributed by atoms with Crippen LogP contribution < -0.4 is 14.8 Å². The molecule has 8 nitrogen and oxygen atoms in total. The molecule has 166 valence electrons. The van der Waals surface area contributed by atoms with Gasteiger partial charge in [-0.05, 0) is 49.7 Å². The Morgan fingerprint density at radius 3 is 2.71 bits per heavy atom. The predicted molar refractivity (Wildman–Crippen MR) is 119 cm³/mol. The molecule has 31 heavy (non-hydrogen) atoms. The van der Waals surface area contributed by atoms with E-state index in [1.807, 2.05) is 13.8 Å². The molecule has 3 rings (SSSR count). The third-order valence-corrected chi connectivity index (χ3v) is 5.69. The Balaban J connectivity index is 1.76. The van der Waals surface area contributed by atoms with E-state index in [2.05, 4.69) is 10.0 Å². The molecular weight excluding hydrogens is 420 g/mol. The van der Waals surface area contributed by atoms with Crippen molar-refractivity contribution in [1.82, 2.24) is 4.72 Å². The molecule has 0 radical (unpaired) electrons. The largest absolute Gasteiger partial charge is 0.490 e. The lowest BCUT2D eigenvalue weighted by Gasteiger charge is -2.13. The molecule has 1 heterocycles. The first-order valence-electron chi connectivity index (χ1n) is 9.82. The van der Waals surface area contributed by atoms with Gasteiger partial charge in [0.05, 0.1) is 30.1 Å². The summed E-state index contributed by atoms with van der Waals surface area (Å²) in [7, 11) is -2.01. The summed E-state index contributed by atoms with van der Waals surface area (Å²) in [6.45, 7) is 4.30. The van der Waals surface area contributed by atoms with Crippen LogP contribution in [0.4, 0.5) is 5.69 Å². The summed E-state index contributed by atoms with van der Waals surface area (Å²) in [6.07, 6.45) is 1.48. The molecule has 0 aliphatic carbocycles. The third kappa shape index (κ3) is 6.30. The number of carbonyl (C=O) groups is 1. The Hall–Kier alpha value is -2.88. The smallest absolute Gasteiger partial charge is 0.255 e. The molecule has 2 N–H and O–H groups in total. The number of amides is 1. The van der Waals surface area contributed by atoms with Gasteiger partial charge in [0.25, 0.3) is 5.91 Å². The molecular formula is C22H26N2O6S. The van der Waals surface area contributed by atoms with Crippen molar-refractivity contribution in [3.63, 3.8) is 0 Å². The van der Waals surface area contributed by atoms with Gasteiger partial charge in [-0.25, -0.2) is 13.1 Å². The van der Waals surface area contributed by atoms with Crippen molar-refractivity contribution in [2.24, 2.45) is 0 Å². The Morgan fingerprint density at radius 1 is 1.16 bits per heavy atom. The van der Waals surface area contributed by atoms with Crippen molar-refractivity contribution in [1.29, 1.82) is 0 Å². The van der Waals surface area contributed by atoms with E-state index in [0.29, 0.717) is 28.1 Å². The summed E-state index contributed by atoms with van der Waals surface area (Å²) in [4.78, 5) is 12.8. The highest BCUT2D eigenvalue weighted by atomic mass is 32.2. The van der Waals surface area contributed by atoms with Crippen molar-refractivity contribution in [2.75, 3.05) is 25.6 Å². The van der Waals surface area contributed by atoms with Crippen molar-refractivity contribution in [3.05, 3.63) is 59.9 Å². The highest BCUT2D eigenvalue weighted by Crippen LogP contribution is 2.30. The van der Waals surface area contributed by atoms with E-state index in [9.17, 15) is 13.2 Å². The molecule has 0 bridgehead atoms. The maximum Gasteiger partial charge on any atom is 0.255 e. The fourth-order valence-corrected chi connectivity index (χ4v) is 4.15. The number of methoxy groups -OCH3 is 1. The number of ether oxygens (including phenoxy) is 2. The molecule has 0 spiro atoms. The second-order valence-corrected chi connectivity index (χ2v) is 9.08. The second-order valence-electron chi connectivity index (χ2n) is 7.27. The van der Waals surface area contributed by atoms with Crippen LogP contribution in [-0.2, 0) is 20.5 Å². The van der Waals surface area contributed by atoms with Gasteiger partial charge in [0.1, 0.15) is 11.3 Å². The number of rotatable bonds is 10. The lowest BCUT2D eigenvalue weighted by molar-refractivity contribution is 0.102. The van der Waals surface area contributed by atoms with Gasteiger partial charge in [-0.3, -0.25) is 4.79 Å². The van der Waals surface area contributed by atoms with E-state index in [4.69, 9.17) is 13.9 Å². The highest BCUT2D eigenvalue weighted by Gasteiger charge is 2.15. The molecule has 0 fully saturated rings. The standard InChI is InChI=1S/C22H26N2O6S/c1-15(2)30-21-13-17(12-20-19(21)7-9-29-20)22(25)24-18-6-4-5-16(11-18)14-31(26,27)23-8-10-28-3/h4-7,9,11-13,15,23H,8,10,14H2,1-3H3,(H,24,25). The molecule has 0 saturated heterocycles. The summed E-state index contributed by atoms with van der Waals surface area (Å²) >= 11 is 0. The zero-order chi connectivity index (χ0) is 22.4. The van der Waals surface area contributed by atoms with Crippen LogP contribution in [0, 0.1) is 0 Å². The number of sulfonamides is 1. The summed E-state index contributed by atoms with van der Waals surface area (Å²) in [6, 6.07) is 11.8. The second kappa shape index (κ2) is 9.95. The zero-order valence-electron chi connectivity index (χ0n) is 17.7. The van der Waals surface area contributed by atoms with Gasteiger partial charge in [0.2, 0.25) is 10.0 Å². The van der Waals surface area contributed by atoms with E-state index in [0.717, 1.165) is 5.39 Å². The summed E-state index contributed by atoms with van der Waals surface area (Å²) < 4.78 is 42.9. The van der Waals surface area contributed by atoms with Gasteiger partial charge in [-0.2, -0.15) is 0 Å². The number of fused-ring (bicyclic) bond motifs is 1. The third-order valence-electron chi connectivity index (χ3n) is 4.33. The number of hydrogen-bond acceptors (Lipinski definition) is 6. The summed E-state index contributed by atoms with van der Waals surface area (Å²) in [5, 5.41) is 3.59. The molecule has 0 aliphatic heterocycles. The topological polar surface area (TPSA) is 107 Å². The number of anilines is 1. The van der Waals surface area contributed by atoms with Gasteiger partial charge in [0, 0.05) is 24.9 Å². The fraction of sp³-hybridized carbons (Fsp3) is 0.318. The van der Waals surface area contributed by atoms with Crippen LogP contribution in [0.25, 0.3) is 11.0 Å². The number of carbonyl (C=O) groups excluding carboxylic acids is 1. The van der Waals surface area contributed by atoms with Gasteiger partial charge in [-0.1, -0.05) is 12.1 Å². The van der Waals surface area contributed by atoms with Crippen LogP contribution in [0.15, 0.2) is 53.1 Å². The van der Waals surface area contributed by atoms with Crippen LogP contribution in [0.5, 0.6) is 5.75 Å². The van der Waals surface area contributed by atoms with Gasteiger partial charge in [0.15, 0.2) is 0 Å². The lowest BCUT2D eigenvalue weighted by atomic mass is 10.1. The molecule has 1 aromatic heterocycles. The van der Waals surface area contributed by atoms with Crippen molar-refractivity contribution < 1.29 is 27.1 Å². The monoisotopic (exact) mass is 446 g/mol. The molecule has 1 amide bonds. The van der Waals surface area contributed by atoms with Gasteiger partial charge in [-0.15, -0.1) is 0 Å². The summed E-state index contributed by atoms with van der Waals surface area (Å²) in [5.74, 6) is 0.00374. The van der Waals surface area contributed by atoms with Crippen LogP contribution in [0.1, 0.15) is 29.8 Å². The van der Waals surface area contributed by atoms with E-state index in [1.165, 1.54) is 7.11 Å². The Kier molecular flexibility index (Phi) is 7.32. The average molecular weight is 447 g/mol. The van der Waals surface area contributed by atoms with E-state index >= 15 is 0 Å². The minimum atomic E-state index is -3.51. The Bertz CT molecular complexity index is 1150. The zero-order valence-corrected chi connectivity index (χ0v) is 18.5. The molecule has 0 saturated carbocycles. The first-order valence-corrected chi connectivity index (χ1v) is 11.5. The number of nitrogens with one attached hydrogen (secondary N) is 2. The van der Waals surface area contributed by atoms with Crippen molar-refractivity contribution in [2.45, 2.75) is 25.7 Å². The quantitative estimate of drug-likeness (QED) is 0.462. The molecule has 0 aliphatic rings. The minimum Gasteiger partial charge on any atom is -0.490 e. The Morgan fingerprint density at radius 2 is 1.97 bits per heavy atom.